The summed E-state index contributed by atoms with van der Waals surface area (Å²) in [5, 5.41) is 10.6. The Hall–Kier alpha value is -2.06. The van der Waals surface area contributed by atoms with Crippen LogP contribution >= 0.6 is 0 Å². The molecule has 1 heterocycles. The average molecular weight is 307 g/mol. The highest BCUT2D eigenvalue weighted by molar-refractivity contribution is 7.92. The van der Waals surface area contributed by atoms with Gasteiger partial charge in [0.2, 0.25) is 0 Å². The van der Waals surface area contributed by atoms with Gasteiger partial charge < -0.3 is 5.32 Å². The SMILES string of the molecule is CNCc1cccc(S(=O)(=O)Nc2nnc(C)c(C)n2)c1. The van der Waals surface area contributed by atoms with Crippen molar-refractivity contribution in [2.45, 2.75) is 25.3 Å². The Labute approximate surface area is 123 Å². The minimum atomic E-state index is -3.73. The van der Waals surface area contributed by atoms with Crippen LogP contribution in [0.2, 0.25) is 0 Å². The Kier molecular flexibility index (Phi) is 4.49. The van der Waals surface area contributed by atoms with Crippen molar-refractivity contribution in [3.63, 3.8) is 0 Å². The maximum atomic E-state index is 12.3. The van der Waals surface area contributed by atoms with Crippen LogP contribution in [-0.2, 0) is 16.6 Å². The van der Waals surface area contributed by atoms with Gasteiger partial charge in [0.1, 0.15) is 0 Å². The quantitative estimate of drug-likeness (QED) is 0.855. The van der Waals surface area contributed by atoms with Crippen molar-refractivity contribution in [2.75, 3.05) is 11.8 Å². The number of hydrogen-bond acceptors (Lipinski definition) is 6. The summed E-state index contributed by atoms with van der Waals surface area (Å²) in [6, 6.07) is 6.67. The molecule has 0 atom stereocenters. The summed E-state index contributed by atoms with van der Waals surface area (Å²) in [6.07, 6.45) is 0. The third-order valence-electron chi connectivity index (χ3n) is 2.91. The fourth-order valence-corrected chi connectivity index (χ4v) is 2.71. The number of anilines is 1. The molecule has 1 aromatic carbocycles. The Balaban J connectivity index is 2.29. The molecule has 0 radical (unpaired) electrons. The molecule has 1 aromatic heterocycles. The maximum absolute atomic E-state index is 12.3. The second-order valence-corrected chi connectivity index (χ2v) is 6.27. The van der Waals surface area contributed by atoms with Crippen molar-refractivity contribution in [1.82, 2.24) is 20.5 Å². The third-order valence-corrected chi connectivity index (χ3v) is 4.23. The van der Waals surface area contributed by atoms with E-state index < -0.39 is 10.0 Å². The monoisotopic (exact) mass is 307 g/mol. The number of hydrogen-bond donors (Lipinski definition) is 2. The van der Waals surface area contributed by atoms with Crippen molar-refractivity contribution in [3.05, 3.63) is 41.2 Å². The van der Waals surface area contributed by atoms with Crippen LogP contribution in [0.15, 0.2) is 29.2 Å². The summed E-state index contributed by atoms with van der Waals surface area (Å²) in [4.78, 5) is 4.23. The molecule has 0 fully saturated rings. The molecular weight excluding hydrogens is 290 g/mol. The lowest BCUT2D eigenvalue weighted by Gasteiger charge is -2.08. The number of aryl methyl sites for hydroxylation is 2. The van der Waals surface area contributed by atoms with Crippen LogP contribution < -0.4 is 10.0 Å². The molecule has 2 N–H and O–H groups in total. The summed E-state index contributed by atoms with van der Waals surface area (Å²) >= 11 is 0. The smallest absolute Gasteiger partial charge is 0.264 e. The number of aromatic nitrogens is 3. The Morgan fingerprint density at radius 3 is 2.57 bits per heavy atom. The molecule has 2 rings (SSSR count). The van der Waals surface area contributed by atoms with E-state index in [0.29, 0.717) is 17.9 Å². The molecule has 8 heteroatoms. The molecule has 0 spiro atoms. The van der Waals surface area contributed by atoms with E-state index in [1.54, 1.807) is 33.0 Å². The first kappa shape index (κ1) is 15.3. The van der Waals surface area contributed by atoms with E-state index >= 15 is 0 Å². The number of nitrogens with zero attached hydrogens (tertiary/aromatic N) is 3. The fraction of sp³-hybridized carbons (Fsp3) is 0.308. The summed E-state index contributed by atoms with van der Waals surface area (Å²) in [6.45, 7) is 4.09. The van der Waals surface area contributed by atoms with Gasteiger partial charge in [0.05, 0.1) is 16.3 Å². The van der Waals surface area contributed by atoms with Crippen molar-refractivity contribution in [1.29, 1.82) is 0 Å². The second-order valence-electron chi connectivity index (χ2n) is 4.59. The van der Waals surface area contributed by atoms with E-state index in [0.717, 1.165) is 5.56 Å². The van der Waals surface area contributed by atoms with E-state index in [1.165, 1.54) is 6.07 Å². The summed E-state index contributed by atoms with van der Waals surface area (Å²) in [5.41, 5.74) is 2.17. The number of sulfonamides is 1. The van der Waals surface area contributed by atoms with Gasteiger partial charge in [0.25, 0.3) is 16.0 Å². The van der Waals surface area contributed by atoms with Gasteiger partial charge in [-0.05, 0) is 38.6 Å². The highest BCUT2D eigenvalue weighted by Crippen LogP contribution is 2.15. The molecule has 112 valence electrons. The first-order valence-corrected chi connectivity index (χ1v) is 7.85. The molecular formula is C13H17N5O2S. The average Bonchev–Trinajstić information content (AvgIpc) is 2.43. The largest absolute Gasteiger partial charge is 0.316 e. The van der Waals surface area contributed by atoms with Crippen molar-refractivity contribution in [3.8, 4) is 0 Å². The normalized spacial score (nSPS) is 11.4. The Morgan fingerprint density at radius 2 is 1.90 bits per heavy atom. The third kappa shape index (κ3) is 3.73. The first-order valence-electron chi connectivity index (χ1n) is 6.36. The minimum absolute atomic E-state index is 0.0304. The van der Waals surface area contributed by atoms with Gasteiger partial charge in [-0.3, -0.25) is 0 Å². The van der Waals surface area contributed by atoms with Gasteiger partial charge in [-0.2, -0.15) is 5.10 Å². The van der Waals surface area contributed by atoms with Gasteiger partial charge in [-0.1, -0.05) is 12.1 Å². The predicted octanol–water partition coefficient (Wildman–Crippen LogP) is 1.01. The lowest BCUT2D eigenvalue weighted by Crippen LogP contribution is -2.17. The van der Waals surface area contributed by atoms with Crippen LogP contribution in [-0.4, -0.2) is 30.6 Å². The first-order chi connectivity index (χ1) is 9.92. The molecule has 0 bridgehead atoms. The van der Waals surface area contributed by atoms with E-state index in [9.17, 15) is 8.42 Å². The van der Waals surface area contributed by atoms with Crippen molar-refractivity contribution in [2.24, 2.45) is 0 Å². The molecule has 0 saturated heterocycles. The van der Waals surface area contributed by atoms with Crippen LogP contribution in [0.1, 0.15) is 17.0 Å². The van der Waals surface area contributed by atoms with Crippen LogP contribution in [0.5, 0.6) is 0 Å². The van der Waals surface area contributed by atoms with Gasteiger partial charge in [-0.15, -0.1) is 5.10 Å². The highest BCUT2D eigenvalue weighted by atomic mass is 32.2. The van der Waals surface area contributed by atoms with Crippen LogP contribution in [0, 0.1) is 13.8 Å². The van der Waals surface area contributed by atoms with Crippen molar-refractivity contribution < 1.29 is 8.42 Å². The number of nitrogens with one attached hydrogen (secondary N) is 2. The zero-order valence-corrected chi connectivity index (χ0v) is 12.9. The summed E-state index contributed by atoms with van der Waals surface area (Å²) in [5.74, 6) is -0.0304. The lowest BCUT2D eigenvalue weighted by atomic mass is 10.2. The molecule has 21 heavy (non-hydrogen) atoms. The predicted molar refractivity (Wildman–Crippen MR) is 79.3 cm³/mol. The van der Waals surface area contributed by atoms with Crippen molar-refractivity contribution >= 4 is 16.0 Å². The van der Waals surface area contributed by atoms with Crippen LogP contribution in [0.25, 0.3) is 0 Å². The number of benzene rings is 1. The van der Waals surface area contributed by atoms with Gasteiger partial charge in [-0.25, -0.2) is 18.1 Å². The maximum Gasteiger partial charge on any atom is 0.264 e. The molecule has 7 nitrogen and oxygen atoms in total. The topological polar surface area (TPSA) is 96.9 Å². The second kappa shape index (κ2) is 6.15. The molecule has 0 aliphatic carbocycles. The summed E-state index contributed by atoms with van der Waals surface area (Å²) in [7, 11) is -1.93. The van der Waals surface area contributed by atoms with E-state index in [4.69, 9.17) is 0 Å². The molecule has 0 saturated carbocycles. The van der Waals surface area contributed by atoms with Crippen LogP contribution in [0.4, 0.5) is 5.95 Å². The highest BCUT2D eigenvalue weighted by Gasteiger charge is 2.16. The van der Waals surface area contributed by atoms with Crippen LogP contribution in [0.3, 0.4) is 0 Å². The fourth-order valence-electron chi connectivity index (χ4n) is 1.71. The van der Waals surface area contributed by atoms with E-state index in [-0.39, 0.29) is 10.8 Å². The van der Waals surface area contributed by atoms with Gasteiger partial charge >= 0.3 is 0 Å². The van der Waals surface area contributed by atoms with E-state index in [1.807, 2.05) is 6.07 Å². The lowest BCUT2D eigenvalue weighted by molar-refractivity contribution is 0.600. The zero-order valence-electron chi connectivity index (χ0n) is 12.1. The standard InChI is InChI=1S/C13H17N5O2S/c1-9-10(2)16-17-13(15-9)18-21(19,20)12-6-4-5-11(7-12)8-14-3/h4-7,14H,8H2,1-3H3,(H,15,17,18). The molecule has 0 unspecified atom stereocenters. The summed E-state index contributed by atoms with van der Waals surface area (Å²) < 4.78 is 27.0. The zero-order chi connectivity index (χ0) is 15.5. The number of rotatable bonds is 5. The molecule has 2 aromatic rings. The molecule has 0 amide bonds. The van der Waals surface area contributed by atoms with Gasteiger partial charge in [0, 0.05) is 6.54 Å². The Morgan fingerprint density at radius 1 is 1.14 bits per heavy atom. The van der Waals surface area contributed by atoms with Gasteiger partial charge in [0.15, 0.2) is 0 Å². The minimum Gasteiger partial charge on any atom is -0.316 e. The molecule has 0 aliphatic heterocycles. The molecule has 0 aliphatic rings. The Bertz CT molecular complexity index is 746. The van der Waals surface area contributed by atoms with E-state index in [2.05, 4.69) is 25.2 Å².